The minimum absolute atomic E-state index is 0.205. The molecule has 0 N–H and O–H groups in total. The highest BCUT2D eigenvalue weighted by Crippen LogP contribution is 2.40. The lowest BCUT2D eigenvalue weighted by Gasteiger charge is -2.06. The quantitative estimate of drug-likeness (QED) is 0.563. The third-order valence-electron chi connectivity index (χ3n) is 3.71. The summed E-state index contributed by atoms with van der Waals surface area (Å²) in [4.78, 5) is 10.9. The van der Waals surface area contributed by atoms with Gasteiger partial charge in [0, 0.05) is 4.88 Å². The Kier molecular flexibility index (Phi) is 3.14. The highest BCUT2D eigenvalue weighted by atomic mass is 35.5. The van der Waals surface area contributed by atoms with Crippen molar-refractivity contribution in [3.63, 3.8) is 0 Å². The Bertz CT molecular complexity index is 855. The molecule has 2 nitrogen and oxygen atoms in total. The van der Waals surface area contributed by atoms with Gasteiger partial charge >= 0.3 is 0 Å². The van der Waals surface area contributed by atoms with Gasteiger partial charge in [-0.25, -0.2) is 14.4 Å². The number of hydrogen-bond donors (Lipinski definition) is 0. The van der Waals surface area contributed by atoms with E-state index in [0.29, 0.717) is 5.15 Å². The molecule has 0 saturated carbocycles. The van der Waals surface area contributed by atoms with Crippen molar-refractivity contribution in [2.45, 2.75) is 19.3 Å². The van der Waals surface area contributed by atoms with Gasteiger partial charge in [-0.3, -0.25) is 0 Å². The molecular weight excluding hydrogens is 330 g/mol. The number of hydrogen-bond acceptors (Lipinski definition) is 3. The van der Waals surface area contributed by atoms with Crippen LogP contribution in [-0.4, -0.2) is 9.97 Å². The summed E-state index contributed by atoms with van der Waals surface area (Å²) in [6.45, 7) is 0. The van der Waals surface area contributed by atoms with Gasteiger partial charge in [0.2, 0.25) is 0 Å². The molecule has 1 aliphatic rings. The van der Waals surface area contributed by atoms with Gasteiger partial charge in [-0.05, 0) is 37.0 Å². The molecular formula is C15H9Cl2FN2S. The molecule has 6 heteroatoms. The lowest BCUT2D eigenvalue weighted by atomic mass is 10.1. The molecule has 0 atom stereocenters. The number of aromatic nitrogens is 2. The lowest BCUT2D eigenvalue weighted by Crippen LogP contribution is -1.94. The highest BCUT2D eigenvalue weighted by molar-refractivity contribution is 7.19. The Balaban J connectivity index is 2.00. The zero-order valence-electron chi connectivity index (χ0n) is 10.8. The monoisotopic (exact) mass is 338 g/mol. The van der Waals surface area contributed by atoms with Gasteiger partial charge in [0.1, 0.15) is 15.8 Å². The molecule has 1 aromatic carbocycles. The van der Waals surface area contributed by atoms with Crippen molar-refractivity contribution < 1.29 is 4.39 Å². The van der Waals surface area contributed by atoms with E-state index in [1.54, 1.807) is 23.5 Å². The molecule has 0 saturated heterocycles. The van der Waals surface area contributed by atoms with Crippen LogP contribution >= 0.6 is 34.5 Å². The van der Waals surface area contributed by atoms with Crippen molar-refractivity contribution in [1.82, 2.24) is 9.97 Å². The van der Waals surface area contributed by atoms with E-state index in [1.807, 2.05) is 0 Å². The van der Waals surface area contributed by atoms with Crippen LogP contribution in [0, 0.1) is 5.82 Å². The molecule has 1 aliphatic carbocycles. The Hall–Kier alpha value is -1.23. The van der Waals surface area contributed by atoms with Gasteiger partial charge in [0.15, 0.2) is 5.82 Å². The van der Waals surface area contributed by atoms with Crippen LogP contribution in [0.5, 0.6) is 0 Å². The number of rotatable bonds is 1. The van der Waals surface area contributed by atoms with Crippen LogP contribution < -0.4 is 0 Å². The number of halogens is 3. The maximum Gasteiger partial charge on any atom is 0.166 e. The minimum atomic E-state index is -0.443. The van der Waals surface area contributed by atoms with Gasteiger partial charge < -0.3 is 0 Å². The fourth-order valence-electron chi connectivity index (χ4n) is 2.77. The van der Waals surface area contributed by atoms with E-state index >= 15 is 0 Å². The first-order valence-corrected chi connectivity index (χ1v) is 8.14. The second-order valence-corrected chi connectivity index (χ2v) is 6.82. The second kappa shape index (κ2) is 4.90. The van der Waals surface area contributed by atoms with Gasteiger partial charge in [0.25, 0.3) is 0 Å². The molecule has 3 aromatic rings. The molecule has 0 amide bonds. The Morgan fingerprint density at radius 1 is 1.14 bits per heavy atom. The SMILES string of the molecule is Fc1cccc(Cl)c1-c1nc(Cl)c2c3c(sc2n1)CCC3. The lowest BCUT2D eigenvalue weighted by molar-refractivity contribution is 0.630. The summed E-state index contributed by atoms with van der Waals surface area (Å²) in [6.07, 6.45) is 3.22. The predicted octanol–water partition coefficient (Wildman–Crippen LogP) is 5.29. The summed E-state index contributed by atoms with van der Waals surface area (Å²) in [5, 5.41) is 1.59. The maximum absolute atomic E-state index is 14.0. The van der Waals surface area contributed by atoms with Crippen LogP contribution in [-0.2, 0) is 12.8 Å². The van der Waals surface area contributed by atoms with E-state index < -0.39 is 5.82 Å². The van der Waals surface area contributed by atoms with Gasteiger partial charge in [-0.1, -0.05) is 29.3 Å². The van der Waals surface area contributed by atoms with Gasteiger partial charge in [-0.15, -0.1) is 11.3 Å². The van der Waals surface area contributed by atoms with Crippen molar-refractivity contribution in [2.75, 3.05) is 0 Å². The zero-order valence-corrected chi connectivity index (χ0v) is 13.1. The Morgan fingerprint density at radius 2 is 2.00 bits per heavy atom. The molecule has 0 spiro atoms. The summed E-state index contributed by atoms with van der Waals surface area (Å²) in [6, 6.07) is 4.52. The van der Waals surface area contributed by atoms with Crippen LogP contribution in [0.15, 0.2) is 18.2 Å². The molecule has 0 radical (unpaired) electrons. The third kappa shape index (κ3) is 2.05. The normalized spacial score (nSPS) is 13.9. The first kappa shape index (κ1) is 13.4. The van der Waals surface area contributed by atoms with Crippen LogP contribution in [0.2, 0.25) is 10.2 Å². The first-order valence-electron chi connectivity index (χ1n) is 6.57. The van der Waals surface area contributed by atoms with Crippen LogP contribution in [0.4, 0.5) is 4.39 Å². The summed E-state index contributed by atoms with van der Waals surface area (Å²) >= 11 is 14.0. The number of fused-ring (bicyclic) bond motifs is 3. The van der Waals surface area contributed by atoms with E-state index in [0.717, 1.165) is 29.5 Å². The fourth-order valence-corrected chi connectivity index (χ4v) is 4.62. The topological polar surface area (TPSA) is 25.8 Å². The van der Waals surface area contributed by atoms with E-state index in [2.05, 4.69) is 9.97 Å². The molecule has 0 aliphatic heterocycles. The standard InChI is InChI=1S/C15H9Cl2FN2S/c16-8-4-2-5-9(18)12(8)14-19-13(17)11-7-3-1-6-10(7)21-15(11)20-14/h2,4-5H,1,3,6H2. The molecule has 106 valence electrons. The molecule has 2 heterocycles. The molecule has 0 unspecified atom stereocenters. The number of nitrogens with zero attached hydrogens (tertiary/aromatic N) is 2. The maximum atomic E-state index is 14.0. The van der Waals surface area contributed by atoms with Crippen LogP contribution in [0.1, 0.15) is 16.9 Å². The molecule has 0 fully saturated rings. The van der Waals surface area contributed by atoms with E-state index in [4.69, 9.17) is 23.2 Å². The Morgan fingerprint density at radius 3 is 2.81 bits per heavy atom. The van der Waals surface area contributed by atoms with Gasteiger partial charge in [-0.2, -0.15) is 0 Å². The zero-order chi connectivity index (χ0) is 14.6. The molecule has 0 bridgehead atoms. The summed E-state index contributed by atoms with van der Waals surface area (Å²) in [5.41, 5.74) is 1.46. The molecule has 21 heavy (non-hydrogen) atoms. The largest absolute Gasteiger partial charge is 0.217 e. The smallest absolute Gasteiger partial charge is 0.166 e. The summed E-state index contributed by atoms with van der Waals surface area (Å²) in [5.74, 6) is -0.197. The average Bonchev–Trinajstić information content (AvgIpc) is 2.98. The summed E-state index contributed by atoms with van der Waals surface area (Å²) < 4.78 is 14.0. The minimum Gasteiger partial charge on any atom is -0.217 e. The van der Waals surface area contributed by atoms with Crippen molar-refractivity contribution in [3.8, 4) is 11.4 Å². The number of thiophene rings is 1. The van der Waals surface area contributed by atoms with Gasteiger partial charge in [0.05, 0.1) is 16.0 Å². The number of benzene rings is 1. The van der Waals surface area contributed by atoms with E-state index in [1.165, 1.54) is 16.5 Å². The third-order valence-corrected chi connectivity index (χ3v) is 5.48. The van der Waals surface area contributed by atoms with E-state index in [9.17, 15) is 4.39 Å². The van der Waals surface area contributed by atoms with Crippen molar-refractivity contribution in [3.05, 3.63) is 44.6 Å². The van der Waals surface area contributed by atoms with Crippen molar-refractivity contribution in [2.24, 2.45) is 0 Å². The van der Waals surface area contributed by atoms with Crippen LogP contribution in [0.25, 0.3) is 21.6 Å². The van der Waals surface area contributed by atoms with Crippen LogP contribution in [0.3, 0.4) is 0 Å². The molecule has 2 aromatic heterocycles. The average molecular weight is 339 g/mol. The Labute approximate surface area is 134 Å². The highest BCUT2D eigenvalue weighted by Gasteiger charge is 2.23. The molecule has 4 rings (SSSR count). The first-order chi connectivity index (χ1) is 10.1. The van der Waals surface area contributed by atoms with E-state index in [-0.39, 0.29) is 16.4 Å². The predicted molar refractivity (Wildman–Crippen MR) is 84.9 cm³/mol. The fraction of sp³-hybridized carbons (Fsp3) is 0.200. The second-order valence-electron chi connectivity index (χ2n) is 4.97. The summed E-state index contributed by atoms with van der Waals surface area (Å²) in [7, 11) is 0. The van der Waals surface area contributed by atoms with Crippen molar-refractivity contribution >= 4 is 44.8 Å². The van der Waals surface area contributed by atoms with Crippen molar-refractivity contribution in [1.29, 1.82) is 0 Å². The number of aryl methyl sites for hydroxylation is 2.